The van der Waals surface area contributed by atoms with Crippen molar-refractivity contribution in [3.8, 4) is 0 Å². The Kier molecular flexibility index (Phi) is 43.0. The van der Waals surface area contributed by atoms with E-state index in [1.807, 2.05) is 0 Å². The summed E-state index contributed by atoms with van der Waals surface area (Å²) in [5.74, 6) is -1.24. The number of allylic oxidation sites excluding steroid dienone is 8. The van der Waals surface area contributed by atoms with Crippen molar-refractivity contribution < 1.29 is 24.2 Å². The quantitative estimate of drug-likeness (QED) is 0.0365. The highest BCUT2D eigenvalue weighted by atomic mass is 16.5. The second-order valence-electron chi connectivity index (χ2n) is 16.0. The number of amides is 1. The molecule has 0 rings (SSSR count). The minimum Gasteiger partial charge on any atom is -0.480 e. The summed E-state index contributed by atoms with van der Waals surface area (Å²) in [6.07, 6.45) is 58.1. The molecule has 0 radical (unpaired) electrons. The first-order chi connectivity index (χ1) is 27.5. The van der Waals surface area contributed by atoms with Crippen molar-refractivity contribution in [2.24, 2.45) is 0 Å². The van der Waals surface area contributed by atoms with Crippen molar-refractivity contribution >= 4 is 17.8 Å². The van der Waals surface area contributed by atoms with Crippen LogP contribution in [0.15, 0.2) is 48.6 Å². The molecule has 56 heavy (non-hydrogen) atoms. The van der Waals surface area contributed by atoms with Crippen LogP contribution in [-0.2, 0) is 19.1 Å². The Bertz CT molecular complexity index is 999. The van der Waals surface area contributed by atoms with Gasteiger partial charge in [0.25, 0.3) is 0 Å². The second-order valence-corrected chi connectivity index (χ2v) is 16.0. The molecule has 0 aromatic heterocycles. The van der Waals surface area contributed by atoms with Gasteiger partial charge < -0.3 is 15.2 Å². The summed E-state index contributed by atoms with van der Waals surface area (Å²) in [7, 11) is 0. The fourth-order valence-corrected chi connectivity index (χ4v) is 7.04. The fourth-order valence-electron chi connectivity index (χ4n) is 7.04. The van der Waals surface area contributed by atoms with Gasteiger partial charge in [-0.2, -0.15) is 0 Å². The molecule has 0 saturated carbocycles. The second kappa shape index (κ2) is 45.1. The van der Waals surface area contributed by atoms with Gasteiger partial charge in [0.05, 0.1) is 0 Å². The molecular formula is C50H89NO5. The van der Waals surface area contributed by atoms with Gasteiger partial charge in [-0.1, -0.05) is 197 Å². The normalized spacial score (nSPS) is 12.5. The molecule has 6 heteroatoms. The Morgan fingerprint density at radius 2 is 0.875 bits per heavy atom. The number of ether oxygens (including phenoxy) is 1. The van der Waals surface area contributed by atoms with Gasteiger partial charge in [-0.05, 0) is 77.0 Å². The predicted octanol–water partition coefficient (Wildman–Crippen LogP) is 15.0. The number of rotatable bonds is 43. The van der Waals surface area contributed by atoms with Crippen LogP contribution in [0.1, 0.15) is 239 Å². The molecule has 0 fully saturated rings. The van der Waals surface area contributed by atoms with Crippen LogP contribution in [0.3, 0.4) is 0 Å². The smallest absolute Gasteiger partial charge is 0.322 e. The lowest BCUT2D eigenvalue weighted by Crippen LogP contribution is -2.28. The zero-order chi connectivity index (χ0) is 40.8. The van der Waals surface area contributed by atoms with Crippen LogP contribution in [-0.4, -0.2) is 35.6 Å². The van der Waals surface area contributed by atoms with E-state index in [1.54, 1.807) is 0 Å². The summed E-state index contributed by atoms with van der Waals surface area (Å²) < 4.78 is 6.05. The van der Waals surface area contributed by atoms with E-state index in [4.69, 9.17) is 9.84 Å². The number of carbonyl (C=O) groups is 3. The van der Waals surface area contributed by atoms with Crippen LogP contribution in [0.2, 0.25) is 0 Å². The minimum absolute atomic E-state index is 0.0182. The third kappa shape index (κ3) is 44.1. The Morgan fingerprint density at radius 3 is 1.34 bits per heavy atom. The molecule has 0 saturated heterocycles. The first-order valence-corrected chi connectivity index (χ1v) is 23.8. The van der Waals surface area contributed by atoms with Crippen LogP contribution in [0.5, 0.6) is 0 Å². The van der Waals surface area contributed by atoms with Crippen molar-refractivity contribution in [3.05, 3.63) is 48.6 Å². The zero-order valence-electron chi connectivity index (χ0n) is 36.7. The van der Waals surface area contributed by atoms with Gasteiger partial charge in [-0.25, -0.2) is 0 Å². The van der Waals surface area contributed by atoms with Gasteiger partial charge in [-0.15, -0.1) is 0 Å². The minimum atomic E-state index is -1.02. The Morgan fingerprint density at radius 1 is 0.482 bits per heavy atom. The average molecular weight is 784 g/mol. The van der Waals surface area contributed by atoms with Crippen LogP contribution in [0.4, 0.5) is 0 Å². The number of aliphatic carboxylic acids is 1. The summed E-state index contributed by atoms with van der Waals surface area (Å²) in [6.45, 7) is 4.13. The standard InChI is InChI=1S/C50H89NO5/c1-3-5-7-9-11-13-15-17-19-20-21-22-24-26-28-30-32-37-41-45-50(55)56-47(43-39-35-33-36-40-44-48(52)51-46-49(53)54)42-38-34-31-29-27-25-23-18-16-14-12-10-8-6-4-2/h5,7,11,13,17,19,21-22,47H,3-4,6,8-10,12,14-16,18,20,23-46H2,1-2H3,(H,51,52)(H,53,54)/b7-5-,13-11-,19-17-,22-21-. The highest BCUT2D eigenvalue weighted by molar-refractivity contribution is 5.80. The zero-order valence-corrected chi connectivity index (χ0v) is 36.7. The lowest BCUT2D eigenvalue weighted by molar-refractivity contribution is -0.150. The highest BCUT2D eigenvalue weighted by Gasteiger charge is 2.14. The maximum Gasteiger partial charge on any atom is 0.322 e. The monoisotopic (exact) mass is 784 g/mol. The molecule has 6 nitrogen and oxygen atoms in total. The van der Waals surface area contributed by atoms with E-state index in [9.17, 15) is 14.4 Å². The summed E-state index contributed by atoms with van der Waals surface area (Å²) in [6, 6.07) is 0. The van der Waals surface area contributed by atoms with E-state index >= 15 is 0 Å². The van der Waals surface area contributed by atoms with Gasteiger partial charge in [0.15, 0.2) is 0 Å². The number of hydrogen-bond acceptors (Lipinski definition) is 4. The molecule has 0 spiro atoms. The SMILES string of the molecule is CC/C=C\C/C=C\C/C=C\C/C=C\CCCCCCCCC(=O)OC(CCCCCCCCCCCCCCCCC)CCCCCCCC(=O)NCC(=O)O. The van der Waals surface area contributed by atoms with E-state index in [0.717, 1.165) is 96.3 Å². The number of carboxylic acids is 1. The molecule has 1 amide bonds. The summed E-state index contributed by atoms with van der Waals surface area (Å²) in [5, 5.41) is 11.1. The molecule has 0 aliphatic heterocycles. The van der Waals surface area contributed by atoms with Crippen LogP contribution >= 0.6 is 0 Å². The summed E-state index contributed by atoms with van der Waals surface area (Å²) in [5.41, 5.74) is 0. The number of esters is 1. The lowest BCUT2D eigenvalue weighted by atomic mass is 10.0. The molecule has 0 aliphatic rings. The Balaban J connectivity index is 4.17. The van der Waals surface area contributed by atoms with E-state index < -0.39 is 5.97 Å². The van der Waals surface area contributed by atoms with Gasteiger partial charge in [0.2, 0.25) is 5.91 Å². The number of nitrogens with one attached hydrogen (secondary N) is 1. The van der Waals surface area contributed by atoms with Crippen molar-refractivity contribution in [1.29, 1.82) is 0 Å². The molecule has 324 valence electrons. The van der Waals surface area contributed by atoms with Crippen LogP contribution < -0.4 is 5.32 Å². The number of carboxylic acid groups (broad SMARTS) is 1. The fraction of sp³-hybridized carbons (Fsp3) is 0.780. The van der Waals surface area contributed by atoms with E-state index in [0.29, 0.717) is 12.8 Å². The average Bonchev–Trinajstić information content (AvgIpc) is 3.18. The van der Waals surface area contributed by atoms with E-state index in [1.165, 1.54) is 116 Å². The van der Waals surface area contributed by atoms with Crippen LogP contribution in [0.25, 0.3) is 0 Å². The molecule has 0 bridgehead atoms. The molecule has 2 N–H and O–H groups in total. The molecule has 0 aliphatic carbocycles. The molecular weight excluding hydrogens is 695 g/mol. The first kappa shape index (κ1) is 53.4. The van der Waals surface area contributed by atoms with Crippen molar-refractivity contribution in [3.63, 3.8) is 0 Å². The Labute approximate surface area is 346 Å². The lowest BCUT2D eigenvalue weighted by Gasteiger charge is -2.18. The van der Waals surface area contributed by atoms with E-state index in [2.05, 4.69) is 67.8 Å². The third-order valence-electron chi connectivity index (χ3n) is 10.5. The van der Waals surface area contributed by atoms with Gasteiger partial charge in [0.1, 0.15) is 12.6 Å². The highest BCUT2D eigenvalue weighted by Crippen LogP contribution is 2.19. The third-order valence-corrected chi connectivity index (χ3v) is 10.5. The topological polar surface area (TPSA) is 92.7 Å². The molecule has 0 aromatic carbocycles. The van der Waals surface area contributed by atoms with Gasteiger partial charge in [0, 0.05) is 12.8 Å². The number of unbranched alkanes of at least 4 members (excludes halogenated alkanes) is 24. The van der Waals surface area contributed by atoms with Gasteiger partial charge >= 0.3 is 11.9 Å². The van der Waals surface area contributed by atoms with Gasteiger partial charge in [-0.3, -0.25) is 14.4 Å². The van der Waals surface area contributed by atoms with Crippen molar-refractivity contribution in [2.45, 2.75) is 245 Å². The predicted molar refractivity (Wildman–Crippen MR) is 240 cm³/mol. The molecule has 0 heterocycles. The Hall–Kier alpha value is -2.63. The maximum absolute atomic E-state index is 12.8. The summed E-state index contributed by atoms with van der Waals surface area (Å²) in [4.78, 5) is 35.1. The van der Waals surface area contributed by atoms with E-state index in [-0.39, 0.29) is 24.5 Å². The first-order valence-electron chi connectivity index (χ1n) is 23.8. The summed E-state index contributed by atoms with van der Waals surface area (Å²) >= 11 is 0. The number of hydrogen-bond donors (Lipinski definition) is 2. The molecule has 0 aromatic rings. The maximum atomic E-state index is 12.8. The number of carbonyl (C=O) groups excluding carboxylic acids is 2. The van der Waals surface area contributed by atoms with Crippen molar-refractivity contribution in [1.82, 2.24) is 5.32 Å². The van der Waals surface area contributed by atoms with Crippen LogP contribution in [0, 0.1) is 0 Å². The molecule has 1 unspecified atom stereocenters. The van der Waals surface area contributed by atoms with Crippen molar-refractivity contribution in [2.75, 3.05) is 6.54 Å². The largest absolute Gasteiger partial charge is 0.480 e. The molecule has 1 atom stereocenters.